The molecule has 1 unspecified atom stereocenters. The zero-order chi connectivity index (χ0) is 25.1. The molecular formula is C26H27FIN4O4-. The number of halogens is 2. The number of hydrogen-bond acceptors (Lipinski definition) is 6. The first kappa shape index (κ1) is 24.6. The van der Waals surface area contributed by atoms with Crippen LogP contribution in [0.3, 0.4) is 0 Å². The molecule has 1 amide bonds. The number of benzene rings is 1. The van der Waals surface area contributed by atoms with E-state index in [4.69, 9.17) is 12.5 Å². The number of carbonyl (C=O) groups excluding carboxylic acids is 1. The number of para-hydroxylation sites is 1. The van der Waals surface area contributed by atoms with Gasteiger partial charge in [-0.3, -0.25) is 0 Å². The molecule has 5 rings (SSSR count). The monoisotopic (exact) mass is 605 g/mol. The van der Waals surface area contributed by atoms with Crippen molar-refractivity contribution in [3.63, 3.8) is 0 Å². The molecule has 0 fully saturated rings. The topological polar surface area (TPSA) is 97.5 Å². The van der Waals surface area contributed by atoms with Crippen molar-refractivity contribution in [1.29, 1.82) is 0 Å². The van der Waals surface area contributed by atoms with Crippen molar-refractivity contribution in [2.45, 2.75) is 23.7 Å². The van der Waals surface area contributed by atoms with Crippen molar-refractivity contribution in [3.05, 3.63) is 65.4 Å². The number of pyridine rings is 1. The predicted octanol–water partition coefficient (Wildman–Crippen LogP) is 1.89. The molecule has 0 aliphatic carbocycles. The molecule has 0 saturated heterocycles. The molecule has 8 nitrogen and oxygen atoms in total. The molecule has 0 saturated carbocycles. The Hall–Kier alpha value is -3.12. The fourth-order valence-corrected chi connectivity index (χ4v) is 6.34. The third-order valence-electron chi connectivity index (χ3n) is 6.11. The fourth-order valence-electron chi connectivity index (χ4n) is 4.31. The third-order valence-corrected chi connectivity index (χ3v) is 8.59. The maximum absolute atomic E-state index is 14.5. The van der Waals surface area contributed by atoms with Crippen LogP contribution in [0.2, 0.25) is 0 Å². The molecule has 3 N–H and O–H groups in total. The summed E-state index contributed by atoms with van der Waals surface area (Å²) < 4.78 is 32.1. The van der Waals surface area contributed by atoms with Crippen LogP contribution in [0.25, 0.3) is 11.3 Å². The van der Waals surface area contributed by atoms with E-state index in [2.05, 4.69) is 33.6 Å². The molecule has 2 bridgehead atoms. The molecule has 0 spiro atoms. The summed E-state index contributed by atoms with van der Waals surface area (Å²) in [6, 6.07) is 6.48. The van der Waals surface area contributed by atoms with Gasteiger partial charge in [0.05, 0.1) is 0 Å². The van der Waals surface area contributed by atoms with Crippen LogP contribution in [0.15, 0.2) is 48.3 Å². The summed E-state index contributed by atoms with van der Waals surface area (Å²) in [7, 11) is 1.41. The van der Waals surface area contributed by atoms with E-state index in [1.165, 1.54) is 18.7 Å². The van der Waals surface area contributed by atoms with Crippen LogP contribution in [0.4, 0.5) is 15.8 Å². The van der Waals surface area contributed by atoms with E-state index in [0.717, 1.165) is 24.1 Å². The number of methoxy groups -OCH3 is 1. The number of carbonyl (C=O) groups is 1. The number of aromatic amines is 1. The van der Waals surface area contributed by atoms with E-state index in [9.17, 15) is 9.18 Å². The second-order valence-electron chi connectivity index (χ2n) is 8.50. The van der Waals surface area contributed by atoms with Crippen molar-refractivity contribution in [2.24, 2.45) is 0 Å². The van der Waals surface area contributed by atoms with Crippen molar-refractivity contribution in [3.8, 4) is 22.8 Å². The SMILES string of the molecule is COc1c(F)cccc1Nc1c2[nH]c3c1C(=O)NCC3[I-]OCC/C(C)=C\CCOc1cnccc1-2. The molecule has 1 atom stereocenters. The Balaban J connectivity index is 1.67. The molecule has 2 aromatic heterocycles. The van der Waals surface area contributed by atoms with Gasteiger partial charge >= 0.3 is 220 Å². The van der Waals surface area contributed by atoms with Gasteiger partial charge in [0.2, 0.25) is 0 Å². The number of anilines is 2. The van der Waals surface area contributed by atoms with Gasteiger partial charge in [0.15, 0.2) is 0 Å². The van der Waals surface area contributed by atoms with E-state index in [1.54, 1.807) is 24.5 Å². The minimum absolute atomic E-state index is 0.0285. The number of alkyl halides is 1. The first-order valence-electron chi connectivity index (χ1n) is 11.7. The average molecular weight is 605 g/mol. The van der Waals surface area contributed by atoms with Crippen molar-refractivity contribution < 1.29 is 43.3 Å². The number of aromatic nitrogens is 2. The molecule has 36 heavy (non-hydrogen) atoms. The van der Waals surface area contributed by atoms with Crippen LogP contribution in [-0.4, -0.2) is 42.7 Å². The van der Waals surface area contributed by atoms with Gasteiger partial charge in [-0.1, -0.05) is 0 Å². The minimum atomic E-state index is -0.713. The van der Waals surface area contributed by atoms with Gasteiger partial charge in [-0.15, -0.1) is 0 Å². The van der Waals surface area contributed by atoms with Gasteiger partial charge < -0.3 is 0 Å². The summed E-state index contributed by atoms with van der Waals surface area (Å²) in [5, 5.41) is 6.30. The third kappa shape index (κ3) is 4.92. The molecule has 2 aliphatic heterocycles. The standard InChI is InChI=1S/C26H27FIN4O4/c1-15-5-4-11-35-20-14-29-10-8-16(20)22-24(31-19-7-3-6-17(27)25(19)34-2)21-23(32-22)18(13-30-26(21)33)28-36-12-9-15/h3,5-8,10,14,18,31-32H,4,9,11-13H2,1-2H3,(H,30,33)/q-1/b15-5-. The number of nitrogens with zero attached hydrogens (tertiary/aromatic N) is 1. The fraction of sp³-hybridized carbons (Fsp3) is 0.308. The van der Waals surface area contributed by atoms with Crippen LogP contribution >= 0.6 is 0 Å². The zero-order valence-electron chi connectivity index (χ0n) is 20.0. The molecule has 1 aromatic carbocycles. The second-order valence-corrected chi connectivity index (χ2v) is 11.1. The normalized spacial score (nSPS) is 19.7. The molecule has 3 aromatic rings. The zero-order valence-corrected chi connectivity index (χ0v) is 22.1. The van der Waals surface area contributed by atoms with Crippen LogP contribution in [0.5, 0.6) is 11.5 Å². The molecule has 0 radical (unpaired) electrons. The van der Waals surface area contributed by atoms with Crippen molar-refractivity contribution in [2.75, 3.05) is 32.2 Å². The maximum atomic E-state index is 14.5. The quantitative estimate of drug-likeness (QED) is 0.240. The summed E-state index contributed by atoms with van der Waals surface area (Å²) in [6.45, 7) is 3.72. The Kier molecular flexibility index (Phi) is 7.42. The summed E-state index contributed by atoms with van der Waals surface area (Å²) in [5.41, 5.74) is 4.91. The Labute approximate surface area is 219 Å². The van der Waals surface area contributed by atoms with E-state index < -0.39 is 27.4 Å². The number of ether oxygens (including phenoxy) is 2. The Morgan fingerprint density at radius 1 is 1.28 bits per heavy atom. The predicted molar refractivity (Wildman–Crippen MR) is 130 cm³/mol. The van der Waals surface area contributed by atoms with Crippen LogP contribution in [0, 0.1) is 5.82 Å². The molecule has 4 heterocycles. The molecular weight excluding hydrogens is 578 g/mol. The van der Waals surface area contributed by atoms with Gasteiger partial charge in [-0.05, 0) is 0 Å². The summed E-state index contributed by atoms with van der Waals surface area (Å²) >= 11 is -0.713. The van der Waals surface area contributed by atoms with E-state index in [-0.39, 0.29) is 15.6 Å². The number of H-pyrrole nitrogens is 1. The molecule has 10 heteroatoms. The number of fused-ring (bicyclic) bond motifs is 3. The first-order chi connectivity index (χ1) is 17.6. The van der Waals surface area contributed by atoms with E-state index in [1.807, 2.05) is 6.07 Å². The van der Waals surface area contributed by atoms with Crippen molar-refractivity contribution in [1.82, 2.24) is 15.3 Å². The average Bonchev–Trinajstić information content (AvgIpc) is 3.25. The first-order valence-corrected chi connectivity index (χ1v) is 13.8. The number of rotatable bonds is 3. The summed E-state index contributed by atoms with van der Waals surface area (Å²) in [4.78, 5) is 21.0. The summed E-state index contributed by atoms with van der Waals surface area (Å²) in [5.74, 6) is -0.0468. The Morgan fingerprint density at radius 2 is 2.17 bits per heavy atom. The van der Waals surface area contributed by atoms with Gasteiger partial charge in [-0.2, -0.15) is 0 Å². The van der Waals surface area contributed by atoms with Gasteiger partial charge in [0.25, 0.3) is 0 Å². The van der Waals surface area contributed by atoms with Crippen molar-refractivity contribution >= 4 is 17.3 Å². The number of hydrogen-bond donors (Lipinski definition) is 3. The number of nitrogens with one attached hydrogen (secondary N) is 3. The molecule has 190 valence electrons. The van der Waals surface area contributed by atoms with Crippen LogP contribution in [-0.2, 0) is 3.07 Å². The van der Waals surface area contributed by atoms with Gasteiger partial charge in [0, 0.05) is 0 Å². The second kappa shape index (κ2) is 10.9. The van der Waals surface area contributed by atoms with Crippen LogP contribution in [0.1, 0.15) is 39.7 Å². The van der Waals surface area contributed by atoms with Crippen LogP contribution < -0.4 is 41.7 Å². The number of amides is 1. The van der Waals surface area contributed by atoms with Gasteiger partial charge in [0.1, 0.15) is 0 Å². The summed E-state index contributed by atoms with van der Waals surface area (Å²) in [6.07, 6.45) is 7.13. The van der Waals surface area contributed by atoms with Gasteiger partial charge in [-0.25, -0.2) is 0 Å². The van der Waals surface area contributed by atoms with E-state index in [0.29, 0.717) is 48.1 Å². The Morgan fingerprint density at radius 3 is 3.03 bits per heavy atom. The van der Waals surface area contributed by atoms with E-state index >= 15 is 0 Å². The molecule has 2 aliphatic rings. The Bertz CT molecular complexity index is 1310.